The second kappa shape index (κ2) is 4.78. The summed E-state index contributed by atoms with van der Waals surface area (Å²) < 4.78 is 0. The SMILES string of the molecule is CC(C)CCN1CCC(C)C1C(=O)O. The highest BCUT2D eigenvalue weighted by molar-refractivity contribution is 5.74. The van der Waals surface area contributed by atoms with Crippen LogP contribution in [0.15, 0.2) is 0 Å². The predicted molar refractivity (Wildman–Crippen MR) is 56.2 cm³/mol. The van der Waals surface area contributed by atoms with E-state index in [9.17, 15) is 4.79 Å². The van der Waals surface area contributed by atoms with Crippen molar-refractivity contribution in [1.29, 1.82) is 0 Å². The summed E-state index contributed by atoms with van der Waals surface area (Å²) in [6.45, 7) is 8.27. The van der Waals surface area contributed by atoms with E-state index in [-0.39, 0.29) is 6.04 Å². The number of nitrogens with zero attached hydrogens (tertiary/aromatic N) is 1. The van der Waals surface area contributed by atoms with Gasteiger partial charge in [0.1, 0.15) is 6.04 Å². The summed E-state index contributed by atoms with van der Waals surface area (Å²) in [5.41, 5.74) is 0. The average Bonchev–Trinajstić information content (AvgIpc) is 2.43. The Morgan fingerprint density at radius 1 is 1.57 bits per heavy atom. The van der Waals surface area contributed by atoms with E-state index < -0.39 is 5.97 Å². The number of hydrogen-bond donors (Lipinski definition) is 1. The molecule has 3 nitrogen and oxygen atoms in total. The lowest BCUT2D eigenvalue weighted by Crippen LogP contribution is -2.39. The summed E-state index contributed by atoms with van der Waals surface area (Å²) in [4.78, 5) is 13.1. The first kappa shape index (κ1) is 11.5. The zero-order chi connectivity index (χ0) is 10.7. The van der Waals surface area contributed by atoms with Crippen LogP contribution in [0, 0.1) is 11.8 Å². The largest absolute Gasteiger partial charge is 0.480 e. The van der Waals surface area contributed by atoms with Gasteiger partial charge < -0.3 is 5.11 Å². The van der Waals surface area contributed by atoms with Crippen LogP contribution in [0.3, 0.4) is 0 Å². The molecule has 82 valence electrons. The molecule has 14 heavy (non-hydrogen) atoms. The van der Waals surface area contributed by atoms with Crippen LogP contribution in [-0.4, -0.2) is 35.1 Å². The van der Waals surface area contributed by atoms with Gasteiger partial charge in [0.15, 0.2) is 0 Å². The highest BCUT2D eigenvalue weighted by Gasteiger charge is 2.36. The fourth-order valence-electron chi connectivity index (χ4n) is 2.10. The molecule has 2 unspecified atom stereocenters. The molecule has 0 bridgehead atoms. The molecule has 1 aliphatic rings. The number of carboxylic acids is 1. The van der Waals surface area contributed by atoms with Gasteiger partial charge in [-0.3, -0.25) is 9.69 Å². The van der Waals surface area contributed by atoms with Crippen LogP contribution in [0.25, 0.3) is 0 Å². The van der Waals surface area contributed by atoms with Crippen molar-refractivity contribution >= 4 is 5.97 Å². The summed E-state index contributed by atoms with van der Waals surface area (Å²) in [5, 5.41) is 9.08. The van der Waals surface area contributed by atoms with Crippen molar-refractivity contribution in [3.05, 3.63) is 0 Å². The van der Waals surface area contributed by atoms with Crippen LogP contribution in [0.4, 0.5) is 0 Å². The van der Waals surface area contributed by atoms with Crippen molar-refractivity contribution in [2.24, 2.45) is 11.8 Å². The first-order valence-electron chi connectivity index (χ1n) is 5.49. The number of likely N-dealkylation sites (tertiary alicyclic amines) is 1. The molecule has 0 aromatic rings. The van der Waals surface area contributed by atoms with Gasteiger partial charge in [-0.25, -0.2) is 0 Å². The lowest BCUT2D eigenvalue weighted by Gasteiger charge is -2.23. The fraction of sp³-hybridized carbons (Fsp3) is 0.909. The topological polar surface area (TPSA) is 40.5 Å². The molecule has 0 radical (unpaired) electrons. The number of hydrogen-bond acceptors (Lipinski definition) is 2. The lowest BCUT2D eigenvalue weighted by molar-refractivity contribution is -0.143. The highest BCUT2D eigenvalue weighted by Crippen LogP contribution is 2.24. The van der Waals surface area contributed by atoms with E-state index in [1.807, 2.05) is 6.92 Å². The van der Waals surface area contributed by atoms with Gasteiger partial charge in [0.25, 0.3) is 0 Å². The summed E-state index contributed by atoms with van der Waals surface area (Å²) >= 11 is 0. The number of carbonyl (C=O) groups is 1. The van der Waals surface area contributed by atoms with Gasteiger partial charge in [-0.05, 0) is 37.8 Å². The van der Waals surface area contributed by atoms with Gasteiger partial charge in [0.2, 0.25) is 0 Å². The molecule has 1 heterocycles. The zero-order valence-electron chi connectivity index (χ0n) is 9.36. The van der Waals surface area contributed by atoms with Crippen LogP contribution >= 0.6 is 0 Å². The normalized spacial score (nSPS) is 28.6. The van der Waals surface area contributed by atoms with E-state index in [2.05, 4.69) is 18.7 Å². The van der Waals surface area contributed by atoms with Gasteiger partial charge in [-0.15, -0.1) is 0 Å². The van der Waals surface area contributed by atoms with E-state index in [1.165, 1.54) is 0 Å². The molecule has 1 N–H and O–H groups in total. The molecule has 0 aliphatic carbocycles. The molecule has 0 aromatic carbocycles. The Balaban J connectivity index is 2.47. The molecule has 1 rings (SSSR count). The maximum Gasteiger partial charge on any atom is 0.321 e. The minimum Gasteiger partial charge on any atom is -0.480 e. The van der Waals surface area contributed by atoms with E-state index in [0.717, 1.165) is 25.9 Å². The van der Waals surface area contributed by atoms with Crippen molar-refractivity contribution in [1.82, 2.24) is 4.90 Å². The van der Waals surface area contributed by atoms with Crippen molar-refractivity contribution in [3.8, 4) is 0 Å². The molecule has 0 saturated carbocycles. The molecule has 1 saturated heterocycles. The van der Waals surface area contributed by atoms with Crippen LogP contribution < -0.4 is 0 Å². The van der Waals surface area contributed by atoms with Crippen molar-refractivity contribution < 1.29 is 9.90 Å². The third kappa shape index (κ3) is 2.71. The molecule has 1 fully saturated rings. The highest BCUT2D eigenvalue weighted by atomic mass is 16.4. The summed E-state index contributed by atoms with van der Waals surface area (Å²) in [6.07, 6.45) is 2.12. The van der Waals surface area contributed by atoms with E-state index in [4.69, 9.17) is 5.11 Å². The Kier molecular flexibility index (Phi) is 3.93. The van der Waals surface area contributed by atoms with Crippen LogP contribution in [0.2, 0.25) is 0 Å². The third-order valence-electron chi connectivity index (χ3n) is 3.05. The molecule has 1 aliphatic heterocycles. The van der Waals surface area contributed by atoms with E-state index in [1.54, 1.807) is 0 Å². The van der Waals surface area contributed by atoms with E-state index >= 15 is 0 Å². The average molecular weight is 199 g/mol. The van der Waals surface area contributed by atoms with Gasteiger partial charge in [0, 0.05) is 0 Å². The quantitative estimate of drug-likeness (QED) is 0.751. The van der Waals surface area contributed by atoms with Crippen LogP contribution in [0.5, 0.6) is 0 Å². The Morgan fingerprint density at radius 2 is 2.21 bits per heavy atom. The van der Waals surface area contributed by atoms with Gasteiger partial charge in [-0.2, -0.15) is 0 Å². The second-order valence-corrected chi connectivity index (χ2v) is 4.77. The first-order valence-corrected chi connectivity index (χ1v) is 5.49. The fourth-order valence-corrected chi connectivity index (χ4v) is 2.10. The summed E-state index contributed by atoms with van der Waals surface area (Å²) in [6, 6.07) is -0.242. The maximum absolute atomic E-state index is 11.0. The lowest BCUT2D eigenvalue weighted by atomic mass is 10.0. The maximum atomic E-state index is 11.0. The Morgan fingerprint density at radius 3 is 2.71 bits per heavy atom. The van der Waals surface area contributed by atoms with Gasteiger partial charge in [0.05, 0.1) is 0 Å². The van der Waals surface area contributed by atoms with Crippen molar-refractivity contribution in [3.63, 3.8) is 0 Å². The summed E-state index contributed by atoms with van der Waals surface area (Å²) in [5.74, 6) is 0.304. The second-order valence-electron chi connectivity index (χ2n) is 4.77. The molecular formula is C11H21NO2. The molecule has 3 heteroatoms. The van der Waals surface area contributed by atoms with Crippen molar-refractivity contribution in [2.45, 2.75) is 39.7 Å². The van der Waals surface area contributed by atoms with Gasteiger partial charge in [-0.1, -0.05) is 20.8 Å². The zero-order valence-corrected chi connectivity index (χ0v) is 9.36. The number of carboxylic acid groups (broad SMARTS) is 1. The Bertz CT molecular complexity index is 203. The molecular weight excluding hydrogens is 178 g/mol. The van der Waals surface area contributed by atoms with Crippen LogP contribution in [-0.2, 0) is 4.79 Å². The number of rotatable bonds is 4. The van der Waals surface area contributed by atoms with E-state index in [0.29, 0.717) is 11.8 Å². The van der Waals surface area contributed by atoms with Gasteiger partial charge >= 0.3 is 5.97 Å². The van der Waals surface area contributed by atoms with Crippen molar-refractivity contribution in [2.75, 3.05) is 13.1 Å². The molecule has 0 amide bonds. The Labute approximate surface area is 86.1 Å². The smallest absolute Gasteiger partial charge is 0.321 e. The summed E-state index contributed by atoms with van der Waals surface area (Å²) in [7, 11) is 0. The third-order valence-corrected chi connectivity index (χ3v) is 3.05. The first-order chi connectivity index (χ1) is 6.52. The Hall–Kier alpha value is -0.570. The molecule has 2 atom stereocenters. The minimum atomic E-state index is -0.654. The minimum absolute atomic E-state index is 0.242. The molecule has 0 aromatic heterocycles. The molecule has 0 spiro atoms. The standard InChI is InChI=1S/C11H21NO2/c1-8(2)4-6-12-7-5-9(3)10(12)11(13)14/h8-10H,4-7H2,1-3H3,(H,13,14). The number of aliphatic carboxylic acids is 1. The monoisotopic (exact) mass is 199 g/mol. The predicted octanol–water partition coefficient (Wildman–Crippen LogP) is 1.83. The van der Waals surface area contributed by atoms with Crippen LogP contribution in [0.1, 0.15) is 33.6 Å².